The number of halogens is 1. The van der Waals surface area contributed by atoms with Crippen molar-refractivity contribution in [2.75, 3.05) is 0 Å². The van der Waals surface area contributed by atoms with E-state index in [2.05, 4.69) is 4.31 Å². The van der Waals surface area contributed by atoms with Gasteiger partial charge in [0.2, 0.25) is 0 Å². The molecule has 5 nitrogen and oxygen atoms in total. The minimum absolute atomic E-state index is 0. The molecule has 16 heavy (non-hydrogen) atoms. The van der Waals surface area contributed by atoms with E-state index in [1.807, 2.05) is 30.3 Å². The zero-order valence-corrected chi connectivity index (χ0v) is 13.2. The van der Waals surface area contributed by atoms with E-state index in [0.29, 0.717) is 5.88 Å². The summed E-state index contributed by atoms with van der Waals surface area (Å²) in [5.74, 6) is 0.612. The first-order valence-electron chi connectivity index (χ1n) is 3.76. The molecule has 0 aliphatic rings. The van der Waals surface area contributed by atoms with Crippen molar-refractivity contribution in [2.24, 2.45) is 0 Å². The zero-order chi connectivity index (χ0) is 11.7. The van der Waals surface area contributed by atoms with E-state index < -0.39 is 16.5 Å². The summed E-state index contributed by atoms with van der Waals surface area (Å²) < 4.78 is 21.8. The molecule has 2 unspecified atom stereocenters. The molecule has 86 valence electrons. The predicted molar refractivity (Wildman–Crippen MR) is 60.8 cm³/mol. The Hall–Kier alpha value is 1.11. The van der Waals surface area contributed by atoms with Gasteiger partial charge in [-0.25, -0.2) is 0 Å². The molecule has 1 rings (SSSR count). The average Bonchev–Trinajstić information content (AvgIpc) is 2.18. The van der Waals surface area contributed by atoms with E-state index in [1.54, 1.807) is 0 Å². The minimum Gasteiger partial charge on any atom is -0.781 e. The fourth-order valence-electron chi connectivity index (χ4n) is 0.635. The van der Waals surface area contributed by atoms with Gasteiger partial charge in [0.05, 0.1) is 0 Å². The van der Waals surface area contributed by atoms with Crippen molar-refractivity contribution in [2.45, 2.75) is 5.88 Å². The molecule has 0 N–H and O–H groups in total. The van der Waals surface area contributed by atoms with Crippen molar-refractivity contribution in [1.82, 2.24) is 0 Å². The molecule has 0 amide bonds. The SMILES string of the molecule is ClCc1ccccc1.O=[PH]([O-])O[PH](=O)[O-].[Ca+2]. The molecule has 1 aromatic rings. The second-order valence-corrected chi connectivity index (χ2v) is 4.31. The van der Waals surface area contributed by atoms with E-state index in [0.717, 1.165) is 0 Å². The van der Waals surface area contributed by atoms with Crippen molar-refractivity contribution in [1.29, 1.82) is 0 Å². The van der Waals surface area contributed by atoms with Gasteiger partial charge < -0.3 is 18.9 Å². The molecule has 0 heterocycles. The normalized spacial score (nSPS) is 12.7. The second-order valence-electron chi connectivity index (χ2n) is 2.22. The Morgan fingerprint density at radius 3 is 1.75 bits per heavy atom. The Bertz CT molecular complexity index is 312. The van der Waals surface area contributed by atoms with Gasteiger partial charge in [-0.3, -0.25) is 4.31 Å². The zero-order valence-electron chi connectivity index (χ0n) is 8.22. The van der Waals surface area contributed by atoms with Crippen molar-refractivity contribution >= 4 is 65.8 Å². The molecule has 0 bridgehead atoms. The Balaban J connectivity index is 0. The number of hydrogen-bond acceptors (Lipinski definition) is 5. The molecule has 0 radical (unpaired) electrons. The van der Waals surface area contributed by atoms with Gasteiger partial charge in [0.1, 0.15) is 16.5 Å². The largest absolute Gasteiger partial charge is 2.00 e. The number of benzene rings is 1. The molecule has 9 heteroatoms. The van der Waals surface area contributed by atoms with Gasteiger partial charge in [0.15, 0.2) is 0 Å². The van der Waals surface area contributed by atoms with Crippen LogP contribution in [-0.4, -0.2) is 37.7 Å². The third-order valence-electron chi connectivity index (χ3n) is 1.16. The van der Waals surface area contributed by atoms with Gasteiger partial charge in [0, 0.05) is 5.88 Å². The summed E-state index contributed by atoms with van der Waals surface area (Å²) in [4.78, 5) is 18.6. The summed E-state index contributed by atoms with van der Waals surface area (Å²) in [6.07, 6.45) is 0. The van der Waals surface area contributed by atoms with Gasteiger partial charge in [-0.2, -0.15) is 0 Å². The Morgan fingerprint density at radius 2 is 1.56 bits per heavy atom. The monoisotopic (exact) mass is 310 g/mol. The van der Waals surface area contributed by atoms with Gasteiger partial charge in [-0.15, -0.1) is 11.6 Å². The van der Waals surface area contributed by atoms with Gasteiger partial charge >= 0.3 is 37.7 Å². The van der Waals surface area contributed by atoms with Crippen LogP contribution in [0.5, 0.6) is 0 Å². The Labute approximate surface area is 130 Å². The maximum atomic E-state index is 9.29. The summed E-state index contributed by atoms with van der Waals surface area (Å²) in [7, 11) is -7.03. The Morgan fingerprint density at radius 1 is 1.12 bits per heavy atom. The molecule has 0 spiro atoms. The first kappa shape index (κ1) is 19.4. The van der Waals surface area contributed by atoms with Crippen molar-refractivity contribution in [3.63, 3.8) is 0 Å². The molecule has 2 atom stereocenters. The van der Waals surface area contributed by atoms with Crippen LogP contribution >= 0.6 is 28.1 Å². The summed E-state index contributed by atoms with van der Waals surface area (Å²) in [6.45, 7) is 0. The van der Waals surface area contributed by atoms with E-state index in [-0.39, 0.29) is 37.7 Å². The third-order valence-corrected chi connectivity index (χ3v) is 2.81. The van der Waals surface area contributed by atoms with E-state index in [4.69, 9.17) is 11.6 Å². The fourth-order valence-corrected chi connectivity index (χ4v) is 1.36. The van der Waals surface area contributed by atoms with E-state index >= 15 is 0 Å². The first-order chi connectivity index (χ1) is 7.06. The van der Waals surface area contributed by atoms with Crippen LogP contribution in [-0.2, 0) is 19.3 Å². The van der Waals surface area contributed by atoms with Crippen molar-refractivity contribution < 1.29 is 23.2 Å². The number of alkyl halides is 1. The summed E-state index contributed by atoms with van der Waals surface area (Å²) in [5, 5.41) is 0. The molecular weight excluding hydrogens is 302 g/mol. The second kappa shape index (κ2) is 12.6. The van der Waals surface area contributed by atoms with Crippen LogP contribution in [0.1, 0.15) is 5.56 Å². The topological polar surface area (TPSA) is 89.5 Å². The quantitative estimate of drug-likeness (QED) is 0.462. The summed E-state index contributed by atoms with van der Waals surface area (Å²) in [5.41, 5.74) is 1.18. The van der Waals surface area contributed by atoms with Gasteiger partial charge in [-0.1, -0.05) is 30.3 Å². The molecule has 0 aliphatic carbocycles. The van der Waals surface area contributed by atoms with Crippen molar-refractivity contribution in [3.05, 3.63) is 35.9 Å². The third kappa shape index (κ3) is 13.2. The van der Waals surface area contributed by atoms with Crippen LogP contribution in [0.25, 0.3) is 0 Å². The van der Waals surface area contributed by atoms with Crippen LogP contribution < -0.4 is 9.79 Å². The van der Waals surface area contributed by atoms with Crippen LogP contribution in [0.4, 0.5) is 0 Å². The van der Waals surface area contributed by atoms with Crippen LogP contribution in [0, 0.1) is 0 Å². The smallest absolute Gasteiger partial charge is 0.781 e. The number of rotatable bonds is 3. The van der Waals surface area contributed by atoms with Crippen LogP contribution in [0.2, 0.25) is 0 Å². The molecule has 0 saturated heterocycles. The molecule has 0 aliphatic heterocycles. The summed E-state index contributed by atoms with van der Waals surface area (Å²) in [6, 6.07) is 9.96. The maximum Gasteiger partial charge on any atom is 2.00 e. The standard InChI is InChI=1S/C7H7Cl.Ca.H4O5P2/c8-6-7-4-2-1-3-5-7;;1-6(2)5-7(3)4/h1-5H,6H2;;6-7H,(H,1,2)(H,3,4)/q;+2;/p-2. The molecule has 0 saturated carbocycles. The predicted octanol–water partition coefficient (Wildman–Crippen LogP) is 0.548. The Kier molecular flexibility index (Phi) is 15.3. The molecule has 0 fully saturated rings. The van der Waals surface area contributed by atoms with Crippen molar-refractivity contribution in [3.8, 4) is 0 Å². The van der Waals surface area contributed by atoms with Crippen LogP contribution in [0.3, 0.4) is 0 Å². The number of hydrogen-bond donors (Lipinski definition) is 0. The molecule has 1 aromatic carbocycles. The average molecular weight is 311 g/mol. The minimum atomic E-state index is -3.51. The fraction of sp³-hybridized carbons (Fsp3) is 0.143. The van der Waals surface area contributed by atoms with E-state index in [1.165, 1.54) is 5.56 Å². The first-order valence-corrected chi connectivity index (χ1v) is 6.74. The summed E-state index contributed by atoms with van der Waals surface area (Å²) >= 11 is 5.53. The molecule has 0 aromatic heterocycles. The van der Waals surface area contributed by atoms with E-state index in [9.17, 15) is 18.9 Å². The molecular formula is C7H9CaClO5P2. The van der Waals surface area contributed by atoms with Gasteiger partial charge in [0.25, 0.3) is 0 Å². The maximum absolute atomic E-state index is 9.29. The van der Waals surface area contributed by atoms with Crippen LogP contribution in [0.15, 0.2) is 30.3 Å². The van der Waals surface area contributed by atoms with Gasteiger partial charge in [-0.05, 0) is 5.56 Å².